The number of nitrogens with zero attached hydrogens (tertiary/aromatic N) is 3. The van der Waals surface area contributed by atoms with Crippen molar-refractivity contribution in [1.82, 2.24) is 14.5 Å². The average Bonchev–Trinajstić information content (AvgIpc) is 3.82. The molecule has 6 aromatic carbocycles. The molecule has 7 heteroatoms. The van der Waals surface area contributed by atoms with Crippen LogP contribution in [0.4, 0.5) is 0 Å². The third-order valence-electron chi connectivity index (χ3n) is 9.99. The van der Waals surface area contributed by atoms with E-state index in [0.717, 1.165) is 44.4 Å². The summed E-state index contributed by atoms with van der Waals surface area (Å²) in [6.07, 6.45) is 1.30. The molecule has 10 rings (SSSR count). The van der Waals surface area contributed by atoms with Crippen molar-refractivity contribution >= 4 is 33.0 Å². The van der Waals surface area contributed by atoms with Gasteiger partial charge in [0, 0.05) is 51.7 Å². The van der Waals surface area contributed by atoms with Crippen molar-refractivity contribution in [2.45, 2.75) is 53.2 Å². The van der Waals surface area contributed by atoms with E-state index in [-0.39, 0.29) is 31.2 Å². The topological polar surface area (TPSA) is 62.3 Å². The summed E-state index contributed by atoms with van der Waals surface area (Å²) in [6.45, 7) is 4.65. The summed E-state index contributed by atoms with van der Waals surface area (Å²) in [5.41, 5.74) is 9.55. The molecule has 285 valence electrons. The smallest absolute Gasteiger partial charge is 0.173 e. The Morgan fingerprint density at radius 2 is 1.39 bits per heavy atom. The first-order chi connectivity index (χ1) is 29.7. The molecule has 0 unspecified atom stereocenters. The van der Waals surface area contributed by atoms with Gasteiger partial charge in [-0.3, -0.25) is 4.98 Å². The minimum absolute atomic E-state index is 0. The molecule has 0 spiro atoms. The zero-order valence-corrected chi connectivity index (χ0v) is 34.1. The molecule has 0 saturated heterocycles. The van der Waals surface area contributed by atoms with Crippen molar-refractivity contribution in [1.29, 1.82) is 0 Å². The van der Waals surface area contributed by atoms with Crippen molar-refractivity contribution in [3.8, 4) is 51.3 Å². The van der Waals surface area contributed by atoms with Gasteiger partial charge in [-0.15, -0.1) is 53.6 Å². The number of fused-ring (bicyclic) bond motifs is 6. The molecule has 0 atom stereocenters. The van der Waals surface area contributed by atoms with Crippen molar-refractivity contribution < 1.29 is 42.2 Å². The van der Waals surface area contributed by atoms with Crippen LogP contribution in [0.25, 0.3) is 61.3 Å². The number of imidazole rings is 1. The van der Waals surface area contributed by atoms with Gasteiger partial charge in [0.25, 0.3) is 0 Å². The Morgan fingerprint density at radius 3 is 2.05 bits per heavy atom. The zero-order chi connectivity index (χ0) is 43.5. The average molecular weight is 930 g/mol. The zero-order valence-electron chi connectivity index (χ0n) is 37.7. The molecule has 6 nitrogen and oxygen atoms in total. The molecule has 4 heterocycles. The second-order valence-corrected chi connectivity index (χ2v) is 14.4. The monoisotopic (exact) mass is 930 g/mol. The molecule has 0 aliphatic carbocycles. The molecular weight excluding hydrogens is 883 g/mol. The van der Waals surface area contributed by atoms with Crippen LogP contribution in [0.2, 0.25) is 0 Å². The quantitative estimate of drug-likeness (QED) is 0.161. The van der Waals surface area contributed by atoms with E-state index in [1.165, 1.54) is 41.2 Å². The van der Waals surface area contributed by atoms with E-state index in [1.54, 1.807) is 12.1 Å². The molecule has 1 aliphatic rings. The second kappa shape index (κ2) is 15.5. The molecule has 57 heavy (non-hydrogen) atoms. The van der Waals surface area contributed by atoms with E-state index in [9.17, 15) is 0 Å². The summed E-state index contributed by atoms with van der Waals surface area (Å²) in [7, 11) is 0. The predicted molar refractivity (Wildman–Crippen MR) is 225 cm³/mol. The van der Waals surface area contributed by atoms with Crippen LogP contribution in [-0.2, 0) is 20.1 Å². The van der Waals surface area contributed by atoms with Gasteiger partial charge in [0.15, 0.2) is 23.0 Å². The predicted octanol–water partition coefficient (Wildman–Crippen LogP) is 13.7. The summed E-state index contributed by atoms with van der Waals surface area (Å²) in [5, 5.41) is 1.93. The van der Waals surface area contributed by atoms with E-state index in [0.29, 0.717) is 46.1 Å². The molecule has 0 bridgehead atoms. The van der Waals surface area contributed by atoms with Gasteiger partial charge in [-0.25, -0.2) is 0 Å². The van der Waals surface area contributed by atoms with E-state index in [2.05, 4.69) is 85.8 Å². The van der Waals surface area contributed by atoms with Crippen LogP contribution in [0, 0.1) is 25.8 Å². The van der Waals surface area contributed by atoms with Crippen LogP contribution < -0.4 is 9.47 Å². The molecule has 1 radical (unpaired) electrons. The number of aromatic nitrogens is 3. The van der Waals surface area contributed by atoms with E-state index < -0.39 is 13.7 Å². The van der Waals surface area contributed by atoms with Crippen molar-refractivity contribution in [3.63, 3.8) is 0 Å². The van der Waals surface area contributed by atoms with Gasteiger partial charge in [-0.1, -0.05) is 100 Å². The Hall–Kier alpha value is -6.01. The van der Waals surface area contributed by atoms with E-state index in [1.807, 2.05) is 54.6 Å². The van der Waals surface area contributed by atoms with Gasteiger partial charge in [-0.05, 0) is 71.4 Å². The maximum absolute atomic E-state index is 7.28. The molecule has 0 saturated carbocycles. The van der Waals surface area contributed by atoms with E-state index >= 15 is 0 Å². The number of benzene rings is 6. The number of para-hydroxylation sites is 5. The maximum Gasteiger partial charge on any atom is 0.173 e. The van der Waals surface area contributed by atoms with Crippen LogP contribution in [0.1, 0.15) is 70.0 Å². The first-order valence-electron chi connectivity index (χ1n) is 21.6. The SMILES string of the molecule is CC(C)c1cccc(C(C)C)c1-n1c(-c2[c-]ccc3c2oc2cc4c(cc23)Oc2ccccc2O4)nc2ccccc21.[2H]C([2H])([2H])c1c[c-]c(-c2ccc(C([2H])([2H])[2H])cn2)cc1.[Ir]. The van der Waals surface area contributed by atoms with Crippen molar-refractivity contribution in [3.05, 3.63) is 162 Å². The van der Waals surface area contributed by atoms with Crippen molar-refractivity contribution in [2.75, 3.05) is 0 Å². The summed E-state index contributed by atoms with van der Waals surface area (Å²) >= 11 is 0. The Bertz CT molecular complexity index is 3030. The number of pyridine rings is 1. The number of furan rings is 1. The molecule has 0 amide bonds. The van der Waals surface area contributed by atoms with Gasteiger partial charge in [0.1, 0.15) is 5.58 Å². The summed E-state index contributed by atoms with van der Waals surface area (Å²) in [4.78, 5) is 9.28. The number of hydrogen-bond donors (Lipinski definition) is 0. The second-order valence-electron chi connectivity index (χ2n) is 14.4. The van der Waals surface area contributed by atoms with Crippen LogP contribution in [0.3, 0.4) is 0 Å². The van der Waals surface area contributed by atoms with Crippen LogP contribution in [0.15, 0.2) is 132 Å². The van der Waals surface area contributed by atoms with E-state index in [4.69, 9.17) is 27.1 Å². The number of rotatable bonds is 5. The fraction of sp³-hybridized carbons (Fsp3) is 0.160. The Labute approximate surface area is 354 Å². The van der Waals surface area contributed by atoms with Gasteiger partial charge in [0.05, 0.1) is 22.4 Å². The number of hydrogen-bond acceptors (Lipinski definition) is 5. The molecule has 0 N–H and O–H groups in total. The first kappa shape index (κ1) is 31.1. The minimum Gasteiger partial charge on any atom is -0.500 e. The molecule has 1 aliphatic heterocycles. The third-order valence-corrected chi connectivity index (χ3v) is 9.99. The van der Waals surface area contributed by atoms with Gasteiger partial charge in [-0.2, -0.15) is 0 Å². The standard InChI is InChI=1S/C37H29N2O3.C13H12N.Ir/c1-21(2)23-11-9-12-24(22(3)4)35(23)39-29-16-6-5-15-28(29)38-37(39)26-14-10-13-25-27-19-33-34(20-32(27)42-36(25)26)41-31-18-8-7-17-30(31)40-33;1-10-3-6-12(7-4-10)13-8-5-11(2)9-14-13;/h5-13,15-22H,1-4H3;3-6,8-9H,1-2H3;/q2*-1;/i;1D3,2D3;. The number of ether oxygens (including phenoxy) is 2. The largest absolute Gasteiger partial charge is 0.500 e. The molecular formula is C50H41IrN3O3-2. The fourth-order valence-corrected chi connectivity index (χ4v) is 7.26. The van der Waals surface area contributed by atoms with Crippen LogP contribution in [0.5, 0.6) is 23.0 Å². The van der Waals surface area contributed by atoms with Crippen LogP contribution in [-0.4, -0.2) is 14.5 Å². The fourth-order valence-electron chi connectivity index (χ4n) is 7.26. The summed E-state index contributed by atoms with van der Waals surface area (Å²) in [5.74, 6) is 4.14. The number of aryl methyl sites for hydroxylation is 2. The Morgan fingerprint density at radius 1 is 0.684 bits per heavy atom. The van der Waals surface area contributed by atoms with Gasteiger partial charge in [0.2, 0.25) is 0 Å². The first-order valence-corrected chi connectivity index (χ1v) is 18.6. The van der Waals surface area contributed by atoms with Gasteiger partial charge < -0.3 is 23.4 Å². The molecule has 9 aromatic rings. The Balaban J connectivity index is 0.000000219. The summed E-state index contributed by atoms with van der Waals surface area (Å²) < 4.78 is 65.0. The molecule has 3 aromatic heterocycles. The van der Waals surface area contributed by atoms with Gasteiger partial charge >= 0.3 is 0 Å². The molecule has 0 fully saturated rings. The van der Waals surface area contributed by atoms with Crippen molar-refractivity contribution in [2.24, 2.45) is 0 Å². The van der Waals surface area contributed by atoms with Crippen LogP contribution >= 0.6 is 0 Å². The Kier molecular flexibility index (Phi) is 8.46. The maximum atomic E-state index is 7.28. The summed E-state index contributed by atoms with van der Waals surface area (Å²) in [6, 6.07) is 44.5. The minimum atomic E-state index is -2.18. The third kappa shape index (κ3) is 7.03. The normalized spacial score (nSPS) is 13.8.